The van der Waals surface area contributed by atoms with Crippen molar-refractivity contribution in [2.45, 2.75) is 84.0 Å². The average molecular weight is 407 g/mol. The van der Waals surface area contributed by atoms with Crippen LogP contribution in [0.4, 0.5) is 0 Å². The van der Waals surface area contributed by atoms with Crippen LogP contribution in [-0.2, 0) is 4.79 Å². The van der Waals surface area contributed by atoms with E-state index in [1.807, 2.05) is 0 Å². The largest absolute Gasteiger partial charge is 0.494 e. The molecule has 1 aliphatic rings. The number of Topliss-reactive ketones (excluding diaryl/α,β-unsaturated/α-hetero) is 1. The molecule has 0 spiro atoms. The van der Waals surface area contributed by atoms with Gasteiger partial charge in [-0.2, -0.15) is 0 Å². The highest BCUT2D eigenvalue weighted by atomic mass is 16.5. The molecule has 0 heterocycles. The Morgan fingerprint density at radius 2 is 1.43 bits per heavy atom. The SMILES string of the molecule is CCCCCOc1ccc(-c2ccc([C@H]3CC[C@H](CCCCC)CC3=O)cc2)cc1. The highest BCUT2D eigenvalue weighted by Crippen LogP contribution is 2.36. The second-order valence-corrected chi connectivity index (χ2v) is 8.86. The number of carbonyl (C=O) groups is 1. The Morgan fingerprint density at radius 1 is 0.800 bits per heavy atom. The molecule has 0 N–H and O–H groups in total. The minimum atomic E-state index is 0.0976. The number of hydrogen-bond donors (Lipinski definition) is 0. The topological polar surface area (TPSA) is 26.3 Å². The highest BCUT2D eigenvalue weighted by molar-refractivity contribution is 5.86. The minimum Gasteiger partial charge on any atom is -0.494 e. The van der Waals surface area contributed by atoms with E-state index in [1.54, 1.807) is 0 Å². The van der Waals surface area contributed by atoms with Crippen molar-refractivity contribution in [2.75, 3.05) is 6.61 Å². The average Bonchev–Trinajstić information content (AvgIpc) is 2.78. The Morgan fingerprint density at radius 3 is 2.07 bits per heavy atom. The summed E-state index contributed by atoms with van der Waals surface area (Å²) in [5.41, 5.74) is 3.57. The Bertz CT molecular complexity index is 760. The van der Waals surface area contributed by atoms with Gasteiger partial charge in [0.05, 0.1) is 6.61 Å². The van der Waals surface area contributed by atoms with E-state index in [4.69, 9.17) is 4.74 Å². The van der Waals surface area contributed by atoms with Crippen molar-refractivity contribution in [1.82, 2.24) is 0 Å². The van der Waals surface area contributed by atoms with E-state index in [0.29, 0.717) is 11.7 Å². The van der Waals surface area contributed by atoms with Crippen molar-refractivity contribution >= 4 is 5.78 Å². The van der Waals surface area contributed by atoms with E-state index in [9.17, 15) is 4.79 Å². The molecule has 0 aromatic heterocycles. The molecular weight excluding hydrogens is 368 g/mol. The summed E-state index contributed by atoms with van der Waals surface area (Å²) in [6.45, 7) is 5.23. The van der Waals surface area contributed by atoms with Gasteiger partial charge in [-0.25, -0.2) is 0 Å². The zero-order valence-corrected chi connectivity index (χ0v) is 18.9. The fourth-order valence-corrected chi connectivity index (χ4v) is 4.57. The van der Waals surface area contributed by atoms with Gasteiger partial charge in [-0.1, -0.05) is 88.8 Å². The van der Waals surface area contributed by atoms with Gasteiger partial charge >= 0.3 is 0 Å². The predicted molar refractivity (Wildman–Crippen MR) is 126 cm³/mol. The summed E-state index contributed by atoms with van der Waals surface area (Å²) in [7, 11) is 0. The summed E-state index contributed by atoms with van der Waals surface area (Å²) >= 11 is 0. The lowest BCUT2D eigenvalue weighted by Crippen LogP contribution is -2.23. The first kappa shape index (κ1) is 22.6. The van der Waals surface area contributed by atoms with Crippen molar-refractivity contribution < 1.29 is 9.53 Å². The maximum atomic E-state index is 12.7. The first-order valence-electron chi connectivity index (χ1n) is 12.1. The van der Waals surface area contributed by atoms with Crippen LogP contribution in [0.25, 0.3) is 11.1 Å². The van der Waals surface area contributed by atoms with Crippen molar-refractivity contribution in [3.8, 4) is 16.9 Å². The Balaban J connectivity index is 1.54. The molecular formula is C28H38O2. The standard InChI is InChI=1S/C28H38O2/c1-3-5-7-9-22-10-19-27(28(29)21-22)25-13-11-23(12-14-25)24-15-17-26(18-16-24)30-20-8-6-4-2/h11-18,22,27H,3-10,19-21H2,1-2H3/t22-,27+/m0/s1. The molecule has 0 aliphatic heterocycles. The molecule has 3 rings (SSSR count). The van der Waals surface area contributed by atoms with Crippen molar-refractivity contribution in [3.63, 3.8) is 0 Å². The molecule has 0 radical (unpaired) electrons. The normalized spacial score (nSPS) is 19.1. The van der Waals surface area contributed by atoms with E-state index in [0.717, 1.165) is 31.6 Å². The van der Waals surface area contributed by atoms with Gasteiger partial charge in [-0.15, -0.1) is 0 Å². The molecule has 162 valence electrons. The molecule has 2 atom stereocenters. The highest BCUT2D eigenvalue weighted by Gasteiger charge is 2.29. The molecule has 2 heteroatoms. The minimum absolute atomic E-state index is 0.0976. The van der Waals surface area contributed by atoms with E-state index in [-0.39, 0.29) is 5.92 Å². The molecule has 0 amide bonds. The molecule has 1 aliphatic carbocycles. The molecule has 30 heavy (non-hydrogen) atoms. The van der Waals surface area contributed by atoms with Gasteiger partial charge in [0.2, 0.25) is 0 Å². The van der Waals surface area contributed by atoms with Gasteiger partial charge < -0.3 is 4.74 Å². The van der Waals surface area contributed by atoms with E-state index in [2.05, 4.69) is 62.4 Å². The van der Waals surface area contributed by atoms with Gasteiger partial charge in [-0.05, 0) is 54.0 Å². The summed E-state index contributed by atoms with van der Waals surface area (Å²) in [6, 6.07) is 17.0. The van der Waals surface area contributed by atoms with Crippen molar-refractivity contribution in [3.05, 3.63) is 54.1 Å². The molecule has 2 aromatic rings. The van der Waals surface area contributed by atoms with E-state index < -0.39 is 0 Å². The second-order valence-electron chi connectivity index (χ2n) is 8.86. The maximum absolute atomic E-state index is 12.7. The first-order chi connectivity index (χ1) is 14.7. The lowest BCUT2D eigenvalue weighted by molar-refractivity contribution is -0.123. The van der Waals surface area contributed by atoms with Gasteiger partial charge in [-0.3, -0.25) is 4.79 Å². The summed E-state index contributed by atoms with van der Waals surface area (Å²) in [5.74, 6) is 2.09. The van der Waals surface area contributed by atoms with Crippen LogP contribution in [0.5, 0.6) is 5.75 Å². The number of ether oxygens (including phenoxy) is 1. The Labute approximate surface area is 183 Å². The van der Waals surface area contributed by atoms with Crippen LogP contribution >= 0.6 is 0 Å². The Kier molecular flexibility index (Phi) is 8.99. The summed E-state index contributed by atoms with van der Waals surface area (Å²) in [5, 5.41) is 0. The smallest absolute Gasteiger partial charge is 0.140 e. The lowest BCUT2D eigenvalue weighted by atomic mass is 9.76. The number of benzene rings is 2. The Hall–Kier alpha value is -2.09. The molecule has 0 bridgehead atoms. The van der Waals surface area contributed by atoms with Crippen LogP contribution in [0.1, 0.15) is 89.5 Å². The van der Waals surface area contributed by atoms with Gasteiger partial charge in [0.25, 0.3) is 0 Å². The van der Waals surface area contributed by atoms with Crippen LogP contribution in [0.2, 0.25) is 0 Å². The summed E-state index contributed by atoms with van der Waals surface area (Å²) in [6.07, 6.45) is 11.6. The van der Waals surface area contributed by atoms with E-state index >= 15 is 0 Å². The van der Waals surface area contributed by atoms with Crippen LogP contribution in [0, 0.1) is 5.92 Å². The van der Waals surface area contributed by atoms with Crippen LogP contribution in [-0.4, -0.2) is 12.4 Å². The van der Waals surface area contributed by atoms with Crippen LogP contribution in [0.3, 0.4) is 0 Å². The lowest BCUT2D eigenvalue weighted by Gasteiger charge is -2.27. The summed E-state index contributed by atoms with van der Waals surface area (Å²) < 4.78 is 5.81. The molecule has 0 saturated heterocycles. The summed E-state index contributed by atoms with van der Waals surface area (Å²) in [4.78, 5) is 12.7. The quantitative estimate of drug-likeness (QED) is 0.354. The zero-order chi connectivity index (χ0) is 21.2. The third kappa shape index (κ3) is 6.45. The van der Waals surface area contributed by atoms with Crippen LogP contribution < -0.4 is 4.74 Å². The molecule has 2 aromatic carbocycles. The first-order valence-corrected chi connectivity index (χ1v) is 12.1. The van der Waals surface area contributed by atoms with Gasteiger partial charge in [0.15, 0.2) is 0 Å². The number of rotatable bonds is 11. The van der Waals surface area contributed by atoms with Crippen molar-refractivity contribution in [1.29, 1.82) is 0 Å². The zero-order valence-electron chi connectivity index (χ0n) is 18.9. The third-order valence-corrected chi connectivity index (χ3v) is 6.48. The van der Waals surface area contributed by atoms with Gasteiger partial charge in [0.1, 0.15) is 11.5 Å². The molecule has 2 nitrogen and oxygen atoms in total. The van der Waals surface area contributed by atoms with Crippen LogP contribution in [0.15, 0.2) is 48.5 Å². The maximum Gasteiger partial charge on any atom is 0.140 e. The fraction of sp³-hybridized carbons (Fsp3) is 0.536. The molecule has 1 saturated carbocycles. The third-order valence-electron chi connectivity index (χ3n) is 6.48. The number of unbranched alkanes of at least 4 members (excludes halogenated alkanes) is 4. The van der Waals surface area contributed by atoms with Gasteiger partial charge in [0, 0.05) is 12.3 Å². The number of hydrogen-bond acceptors (Lipinski definition) is 2. The fourth-order valence-electron chi connectivity index (χ4n) is 4.57. The second kappa shape index (κ2) is 11.9. The van der Waals surface area contributed by atoms with Crippen molar-refractivity contribution in [2.24, 2.45) is 5.92 Å². The molecule has 0 unspecified atom stereocenters. The predicted octanol–water partition coefficient (Wildman–Crippen LogP) is 7.96. The van der Waals surface area contributed by atoms with E-state index in [1.165, 1.54) is 61.6 Å². The number of carbonyl (C=O) groups excluding carboxylic acids is 1. The molecule has 1 fully saturated rings. The monoisotopic (exact) mass is 406 g/mol. The number of ketones is 1.